The zero-order chi connectivity index (χ0) is 21.6. The van der Waals surface area contributed by atoms with Gasteiger partial charge in [-0.15, -0.1) is 13.2 Å². The summed E-state index contributed by atoms with van der Waals surface area (Å²) in [5.41, 5.74) is -0.847. The van der Waals surface area contributed by atoms with Crippen molar-refractivity contribution >= 4 is 11.0 Å². The molecule has 1 unspecified atom stereocenters. The lowest BCUT2D eigenvalue weighted by Crippen LogP contribution is -2.17. The molecule has 2 heterocycles. The van der Waals surface area contributed by atoms with E-state index >= 15 is 0 Å². The first kappa shape index (κ1) is 20.7. The van der Waals surface area contributed by atoms with E-state index in [1.54, 1.807) is 6.92 Å². The quantitative estimate of drug-likeness (QED) is 0.647. The lowest BCUT2D eigenvalue weighted by molar-refractivity contribution is -0.274. The van der Waals surface area contributed by atoms with E-state index in [1.807, 2.05) is 0 Å². The molecule has 0 radical (unpaired) electrons. The van der Waals surface area contributed by atoms with Crippen molar-refractivity contribution in [3.63, 3.8) is 0 Å². The number of H-pyrrole nitrogens is 1. The number of ether oxygens (including phenoxy) is 1. The van der Waals surface area contributed by atoms with Gasteiger partial charge in [0.2, 0.25) is 0 Å². The summed E-state index contributed by atoms with van der Waals surface area (Å²) in [5, 5.41) is 3.66. The van der Waals surface area contributed by atoms with Crippen molar-refractivity contribution in [3.05, 3.63) is 51.7 Å². The summed E-state index contributed by atoms with van der Waals surface area (Å²) in [4.78, 5) is 18.7. The van der Waals surface area contributed by atoms with Gasteiger partial charge in [-0.2, -0.15) is 18.3 Å². The highest BCUT2D eigenvalue weighted by Crippen LogP contribution is 2.29. The molecule has 0 aliphatic rings. The van der Waals surface area contributed by atoms with Gasteiger partial charge in [0.15, 0.2) is 5.65 Å². The summed E-state index contributed by atoms with van der Waals surface area (Å²) in [6.45, 7) is 3.04. The van der Waals surface area contributed by atoms with Crippen LogP contribution in [0.1, 0.15) is 30.0 Å². The van der Waals surface area contributed by atoms with E-state index in [0.29, 0.717) is 5.56 Å². The zero-order valence-electron chi connectivity index (χ0n) is 15.0. The monoisotopic (exact) mass is 420 g/mol. The van der Waals surface area contributed by atoms with Crippen LogP contribution < -0.4 is 10.3 Å². The first-order chi connectivity index (χ1) is 13.3. The molecular formula is C17H14F6N4O2. The number of aromatic amines is 1. The summed E-state index contributed by atoms with van der Waals surface area (Å²) in [5.74, 6) is -0.259. The molecule has 0 saturated heterocycles. The molecule has 3 rings (SSSR count). The maximum Gasteiger partial charge on any atom is 0.573 e. The molecule has 0 amide bonds. The maximum atomic E-state index is 12.9. The van der Waals surface area contributed by atoms with Gasteiger partial charge in [-0.05, 0) is 31.5 Å². The number of hydrogen-bond acceptors (Lipinski definition) is 4. The third kappa shape index (κ3) is 4.69. The van der Waals surface area contributed by atoms with E-state index in [-0.39, 0.29) is 16.9 Å². The normalized spacial score (nSPS) is 13.7. The number of nitrogens with one attached hydrogen (secondary N) is 1. The minimum Gasteiger partial charge on any atom is -0.406 e. The molecule has 0 bridgehead atoms. The number of benzene rings is 1. The van der Waals surface area contributed by atoms with Gasteiger partial charge in [-0.25, -0.2) is 9.67 Å². The Labute approximate surface area is 159 Å². The fourth-order valence-corrected chi connectivity index (χ4v) is 2.90. The Kier molecular flexibility index (Phi) is 5.05. The van der Waals surface area contributed by atoms with Crippen LogP contribution in [0.15, 0.2) is 29.1 Å². The van der Waals surface area contributed by atoms with Crippen LogP contribution in [0.4, 0.5) is 26.3 Å². The molecule has 1 N–H and O–H groups in total. The molecule has 0 fully saturated rings. The SMILES string of the molecule is Cc1nc2c(c(CC(F)(F)F)nn2C(C)c2ccc(OC(F)(F)F)cc2)c(=O)[nH]1. The highest BCUT2D eigenvalue weighted by atomic mass is 19.4. The maximum absolute atomic E-state index is 12.9. The van der Waals surface area contributed by atoms with E-state index in [0.717, 1.165) is 16.8 Å². The van der Waals surface area contributed by atoms with Crippen LogP contribution >= 0.6 is 0 Å². The second-order valence-corrected chi connectivity index (χ2v) is 6.33. The molecule has 0 aliphatic carbocycles. The molecule has 6 nitrogen and oxygen atoms in total. The third-order valence-corrected chi connectivity index (χ3v) is 4.08. The predicted molar refractivity (Wildman–Crippen MR) is 89.6 cm³/mol. The number of rotatable bonds is 4. The Bertz CT molecular complexity index is 1080. The van der Waals surface area contributed by atoms with Gasteiger partial charge in [0.1, 0.15) is 17.0 Å². The summed E-state index contributed by atoms with van der Waals surface area (Å²) >= 11 is 0. The van der Waals surface area contributed by atoms with E-state index in [9.17, 15) is 31.1 Å². The minimum atomic E-state index is -4.85. The molecule has 3 aromatic rings. The summed E-state index contributed by atoms with van der Waals surface area (Å²) in [7, 11) is 0. The lowest BCUT2D eigenvalue weighted by atomic mass is 10.1. The predicted octanol–water partition coefficient (Wildman–Crippen LogP) is 4.04. The standard InChI is InChI=1S/C17H14F6N4O2/c1-8(10-3-5-11(6-4-10)29-17(21,22)23)27-14-13(15(28)25-9(2)24-14)12(26-27)7-16(18,19)20/h3-6,8H,7H2,1-2H3,(H,24,25,28). The van der Waals surface area contributed by atoms with Gasteiger partial charge in [0, 0.05) is 0 Å². The van der Waals surface area contributed by atoms with Crippen LogP contribution in [-0.4, -0.2) is 32.3 Å². The van der Waals surface area contributed by atoms with Crippen molar-refractivity contribution in [2.75, 3.05) is 0 Å². The van der Waals surface area contributed by atoms with E-state index in [2.05, 4.69) is 19.8 Å². The van der Waals surface area contributed by atoms with Crippen molar-refractivity contribution in [3.8, 4) is 5.75 Å². The number of alkyl halides is 6. The highest BCUT2D eigenvalue weighted by molar-refractivity contribution is 5.77. The number of fused-ring (bicyclic) bond motifs is 1. The second-order valence-electron chi connectivity index (χ2n) is 6.33. The topological polar surface area (TPSA) is 72.8 Å². The average Bonchev–Trinajstić information content (AvgIpc) is 2.90. The lowest BCUT2D eigenvalue weighted by Gasteiger charge is -2.15. The van der Waals surface area contributed by atoms with Crippen LogP contribution in [-0.2, 0) is 6.42 Å². The number of nitrogens with zero attached hydrogens (tertiary/aromatic N) is 3. The van der Waals surface area contributed by atoms with Crippen LogP contribution in [0.3, 0.4) is 0 Å². The Morgan fingerprint density at radius 1 is 1.14 bits per heavy atom. The second kappa shape index (κ2) is 7.08. The fourth-order valence-electron chi connectivity index (χ4n) is 2.90. The van der Waals surface area contributed by atoms with Crippen molar-refractivity contribution in [1.29, 1.82) is 0 Å². The first-order valence-corrected chi connectivity index (χ1v) is 8.24. The number of aromatic nitrogens is 4. The smallest absolute Gasteiger partial charge is 0.406 e. The molecule has 29 heavy (non-hydrogen) atoms. The summed E-state index contributed by atoms with van der Waals surface area (Å²) in [6, 6.07) is 4.08. The highest BCUT2D eigenvalue weighted by Gasteiger charge is 2.33. The van der Waals surface area contributed by atoms with E-state index < -0.39 is 42.0 Å². The van der Waals surface area contributed by atoms with Crippen molar-refractivity contribution in [2.45, 2.75) is 38.8 Å². The minimum absolute atomic E-state index is 0.0476. The zero-order valence-corrected chi connectivity index (χ0v) is 15.0. The first-order valence-electron chi connectivity index (χ1n) is 8.24. The van der Waals surface area contributed by atoms with Crippen LogP contribution in [0.2, 0.25) is 0 Å². The van der Waals surface area contributed by atoms with Gasteiger partial charge < -0.3 is 9.72 Å². The molecular weight excluding hydrogens is 406 g/mol. The van der Waals surface area contributed by atoms with Crippen molar-refractivity contribution in [2.24, 2.45) is 0 Å². The Morgan fingerprint density at radius 3 is 2.31 bits per heavy atom. The number of hydrogen-bond donors (Lipinski definition) is 1. The Hall–Kier alpha value is -3.05. The summed E-state index contributed by atoms with van der Waals surface area (Å²) < 4.78 is 80.5. The molecule has 0 aliphatic heterocycles. The van der Waals surface area contributed by atoms with Gasteiger partial charge >= 0.3 is 12.5 Å². The van der Waals surface area contributed by atoms with Crippen LogP contribution in [0.25, 0.3) is 11.0 Å². The molecule has 1 aromatic carbocycles. The Balaban J connectivity index is 2.05. The molecule has 0 spiro atoms. The van der Waals surface area contributed by atoms with Gasteiger partial charge in [-0.3, -0.25) is 4.79 Å². The van der Waals surface area contributed by atoms with E-state index in [1.165, 1.54) is 19.1 Å². The van der Waals surface area contributed by atoms with Crippen molar-refractivity contribution < 1.29 is 31.1 Å². The van der Waals surface area contributed by atoms with Crippen LogP contribution in [0.5, 0.6) is 5.75 Å². The molecule has 1 atom stereocenters. The molecule has 156 valence electrons. The Morgan fingerprint density at radius 2 is 1.76 bits per heavy atom. The largest absolute Gasteiger partial charge is 0.573 e. The van der Waals surface area contributed by atoms with Gasteiger partial charge in [-0.1, -0.05) is 12.1 Å². The third-order valence-electron chi connectivity index (χ3n) is 4.08. The summed E-state index contributed by atoms with van der Waals surface area (Å²) in [6.07, 6.45) is -10.9. The molecule has 2 aromatic heterocycles. The van der Waals surface area contributed by atoms with Crippen molar-refractivity contribution in [1.82, 2.24) is 19.7 Å². The molecule has 12 heteroatoms. The fraction of sp³-hybridized carbons (Fsp3) is 0.353. The van der Waals surface area contributed by atoms with E-state index in [4.69, 9.17) is 0 Å². The number of halogens is 6. The number of aryl methyl sites for hydroxylation is 1. The van der Waals surface area contributed by atoms with Gasteiger partial charge in [0.25, 0.3) is 5.56 Å². The van der Waals surface area contributed by atoms with Crippen LogP contribution in [0, 0.1) is 6.92 Å². The average molecular weight is 420 g/mol. The van der Waals surface area contributed by atoms with Gasteiger partial charge in [0.05, 0.1) is 18.2 Å². The molecule has 0 saturated carbocycles.